The van der Waals surface area contributed by atoms with Crippen LogP contribution in [0.5, 0.6) is 0 Å². The molecule has 0 saturated carbocycles. The van der Waals surface area contributed by atoms with Crippen molar-refractivity contribution in [3.8, 4) is 0 Å². The van der Waals surface area contributed by atoms with Gasteiger partial charge in [-0.15, -0.1) is 0 Å². The molecule has 2 aliphatic rings. The number of nitrogens with one attached hydrogen (secondary N) is 1. The maximum absolute atomic E-state index is 13.1. The monoisotopic (exact) mass is 480 g/mol. The van der Waals surface area contributed by atoms with Crippen molar-refractivity contribution in [1.82, 2.24) is 9.88 Å². The number of anilines is 1. The Morgan fingerprint density at radius 3 is 2.57 bits per heavy atom. The second-order valence-corrected chi connectivity index (χ2v) is 8.20. The zero-order chi connectivity index (χ0) is 24.9. The van der Waals surface area contributed by atoms with Crippen LogP contribution in [-0.4, -0.2) is 52.5 Å². The molecule has 0 fully saturated rings. The van der Waals surface area contributed by atoms with Gasteiger partial charge in [0.1, 0.15) is 12.4 Å². The number of hydrogen-bond donors (Lipinski definition) is 1. The molecule has 182 valence electrons. The number of non-ortho nitro benzene ring substituents is 1. The lowest BCUT2D eigenvalue weighted by Crippen LogP contribution is -2.38. The van der Waals surface area contributed by atoms with Crippen LogP contribution in [0.3, 0.4) is 0 Å². The van der Waals surface area contributed by atoms with Crippen molar-refractivity contribution in [3.05, 3.63) is 75.0 Å². The van der Waals surface area contributed by atoms with E-state index in [1.807, 2.05) is 0 Å². The highest BCUT2D eigenvalue weighted by atomic mass is 16.6. The average molecular weight is 480 g/mol. The zero-order valence-electron chi connectivity index (χ0n) is 19.1. The summed E-state index contributed by atoms with van der Waals surface area (Å²) in [5.41, 5.74) is 2.55. The van der Waals surface area contributed by atoms with Crippen LogP contribution in [0, 0.1) is 10.1 Å². The van der Waals surface area contributed by atoms with E-state index in [9.17, 15) is 24.5 Å². The summed E-state index contributed by atoms with van der Waals surface area (Å²) in [4.78, 5) is 53.2. The quantitative estimate of drug-likeness (QED) is 0.345. The molecule has 11 heteroatoms. The lowest BCUT2D eigenvalue weighted by atomic mass is 9.93. The van der Waals surface area contributed by atoms with E-state index >= 15 is 0 Å². The van der Waals surface area contributed by atoms with Gasteiger partial charge in [0.25, 0.3) is 17.5 Å². The van der Waals surface area contributed by atoms with Gasteiger partial charge in [-0.1, -0.05) is 12.1 Å². The summed E-state index contributed by atoms with van der Waals surface area (Å²) in [6.45, 7) is -0.113. The minimum atomic E-state index is -0.687. The molecule has 2 heterocycles. The molecule has 1 aliphatic heterocycles. The van der Waals surface area contributed by atoms with Crippen molar-refractivity contribution < 1.29 is 28.8 Å². The van der Waals surface area contributed by atoms with Crippen LogP contribution in [-0.2, 0) is 25.6 Å². The third-order valence-electron chi connectivity index (χ3n) is 5.94. The van der Waals surface area contributed by atoms with E-state index in [1.54, 1.807) is 17.0 Å². The molecule has 4 rings (SSSR count). The average Bonchev–Trinajstić information content (AvgIpc) is 3.13. The number of hydrogen-bond acceptors (Lipinski definition) is 8. The Labute approximate surface area is 200 Å². The Balaban J connectivity index is 1.43. The van der Waals surface area contributed by atoms with Gasteiger partial charge in [-0.2, -0.15) is 0 Å². The highest BCUT2D eigenvalue weighted by molar-refractivity contribution is 5.98. The van der Waals surface area contributed by atoms with Gasteiger partial charge >= 0.3 is 5.97 Å². The van der Waals surface area contributed by atoms with Crippen molar-refractivity contribution in [3.63, 3.8) is 0 Å². The standard InChI is InChI=1S/C24H24N4O7/c1-34-24(31)16-8-11-20(25-12-16)26-21(29)14-35-23-19-5-3-2-4-18(19)22(30)27(23)13-15-6-9-17(10-7-15)28(32)33/h6-12,23H,2-5,13-14H2,1H3,(H,25,26,29). The number of pyridine rings is 1. The predicted molar refractivity (Wildman–Crippen MR) is 123 cm³/mol. The molecule has 2 amide bonds. The first-order valence-electron chi connectivity index (χ1n) is 11.1. The van der Waals surface area contributed by atoms with E-state index in [2.05, 4.69) is 15.0 Å². The molecule has 11 nitrogen and oxygen atoms in total. The highest BCUT2D eigenvalue weighted by Gasteiger charge is 2.40. The fourth-order valence-corrected chi connectivity index (χ4v) is 4.22. The summed E-state index contributed by atoms with van der Waals surface area (Å²) in [6, 6.07) is 8.96. The molecule has 1 aromatic heterocycles. The minimum absolute atomic E-state index is 0.0309. The first kappa shape index (κ1) is 24.0. The number of carbonyl (C=O) groups is 3. The fraction of sp³-hybridized carbons (Fsp3) is 0.333. The summed E-state index contributed by atoms with van der Waals surface area (Å²) in [6.07, 6.45) is 3.82. The third-order valence-corrected chi connectivity index (χ3v) is 5.94. The predicted octanol–water partition coefficient (Wildman–Crippen LogP) is 2.97. The molecule has 1 atom stereocenters. The SMILES string of the molecule is COC(=O)c1ccc(NC(=O)COC2C3=C(CCCC3)C(=O)N2Cc2ccc([N+](=O)[O-])cc2)nc1. The largest absolute Gasteiger partial charge is 0.465 e. The Kier molecular flexibility index (Phi) is 7.16. The molecule has 1 unspecified atom stereocenters. The summed E-state index contributed by atoms with van der Waals surface area (Å²) >= 11 is 0. The maximum Gasteiger partial charge on any atom is 0.339 e. The number of nitro benzene ring substituents is 1. The normalized spacial score (nSPS) is 17.2. The van der Waals surface area contributed by atoms with Gasteiger partial charge < -0.3 is 19.7 Å². The van der Waals surface area contributed by atoms with Crippen molar-refractivity contribution in [2.24, 2.45) is 0 Å². The molecule has 35 heavy (non-hydrogen) atoms. The molecule has 1 N–H and O–H groups in total. The molecular weight excluding hydrogens is 456 g/mol. The molecular formula is C24H24N4O7. The number of benzene rings is 1. The number of carbonyl (C=O) groups excluding carboxylic acids is 3. The summed E-state index contributed by atoms with van der Waals surface area (Å²) in [7, 11) is 1.27. The number of amides is 2. The van der Waals surface area contributed by atoms with Crippen LogP contribution in [0.15, 0.2) is 53.7 Å². The highest BCUT2D eigenvalue weighted by Crippen LogP contribution is 2.37. The second-order valence-electron chi connectivity index (χ2n) is 8.20. The number of ether oxygens (including phenoxy) is 2. The van der Waals surface area contributed by atoms with E-state index in [-0.39, 0.29) is 36.1 Å². The van der Waals surface area contributed by atoms with Gasteiger partial charge in [0.05, 0.1) is 17.6 Å². The van der Waals surface area contributed by atoms with E-state index in [0.717, 1.165) is 29.6 Å². The Morgan fingerprint density at radius 1 is 1.17 bits per heavy atom. The van der Waals surface area contributed by atoms with Crippen LogP contribution in [0.4, 0.5) is 11.5 Å². The molecule has 0 bridgehead atoms. The third kappa shape index (κ3) is 5.35. The van der Waals surface area contributed by atoms with E-state index in [4.69, 9.17) is 4.74 Å². The first-order chi connectivity index (χ1) is 16.9. The van der Waals surface area contributed by atoms with Crippen LogP contribution >= 0.6 is 0 Å². The van der Waals surface area contributed by atoms with Crippen molar-refractivity contribution in [1.29, 1.82) is 0 Å². The smallest absolute Gasteiger partial charge is 0.339 e. The van der Waals surface area contributed by atoms with Gasteiger partial charge in [-0.25, -0.2) is 9.78 Å². The number of aromatic nitrogens is 1. The zero-order valence-corrected chi connectivity index (χ0v) is 19.1. The Bertz CT molecular complexity index is 1180. The van der Waals surface area contributed by atoms with Gasteiger partial charge in [-0.3, -0.25) is 19.7 Å². The Hall–Kier alpha value is -4.12. The summed E-state index contributed by atoms with van der Waals surface area (Å²) < 4.78 is 10.5. The Morgan fingerprint density at radius 2 is 1.91 bits per heavy atom. The number of rotatable bonds is 8. The van der Waals surface area contributed by atoms with Crippen molar-refractivity contribution in [2.75, 3.05) is 19.0 Å². The van der Waals surface area contributed by atoms with Crippen molar-refractivity contribution >= 4 is 29.3 Å². The molecule has 0 saturated heterocycles. The number of nitro groups is 1. The topological polar surface area (TPSA) is 141 Å². The number of esters is 1. The molecule has 2 aromatic rings. The van der Waals surface area contributed by atoms with Crippen LogP contribution < -0.4 is 5.32 Å². The number of nitrogens with zero attached hydrogens (tertiary/aromatic N) is 3. The number of methoxy groups -OCH3 is 1. The van der Waals surface area contributed by atoms with Crippen LogP contribution in [0.2, 0.25) is 0 Å². The van der Waals surface area contributed by atoms with Crippen molar-refractivity contribution in [2.45, 2.75) is 38.5 Å². The molecule has 0 spiro atoms. The fourth-order valence-electron chi connectivity index (χ4n) is 4.22. The molecule has 0 radical (unpaired) electrons. The van der Waals surface area contributed by atoms with Gasteiger partial charge in [0.15, 0.2) is 6.23 Å². The van der Waals surface area contributed by atoms with Gasteiger partial charge in [0.2, 0.25) is 0 Å². The molecule has 1 aliphatic carbocycles. The van der Waals surface area contributed by atoms with Crippen LogP contribution in [0.25, 0.3) is 0 Å². The maximum atomic E-state index is 13.1. The van der Waals surface area contributed by atoms with Gasteiger partial charge in [-0.05, 0) is 49.0 Å². The summed E-state index contributed by atoms with van der Waals surface area (Å²) in [5, 5.41) is 13.5. The second kappa shape index (κ2) is 10.4. The van der Waals surface area contributed by atoms with E-state index in [1.165, 1.54) is 37.6 Å². The molecule has 1 aromatic carbocycles. The lowest BCUT2D eigenvalue weighted by Gasteiger charge is -2.27. The van der Waals surface area contributed by atoms with Gasteiger partial charge in [0, 0.05) is 30.4 Å². The minimum Gasteiger partial charge on any atom is -0.465 e. The first-order valence-corrected chi connectivity index (χ1v) is 11.1. The summed E-state index contributed by atoms with van der Waals surface area (Å²) in [5.74, 6) is -0.886. The van der Waals surface area contributed by atoms with Crippen LogP contribution in [0.1, 0.15) is 41.6 Å². The van der Waals surface area contributed by atoms with E-state index in [0.29, 0.717) is 12.8 Å². The van der Waals surface area contributed by atoms with E-state index < -0.39 is 23.0 Å². The lowest BCUT2D eigenvalue weighted by molar-refractivity contribution is -0.384.